The lowest BCUT2D eigenvalue weighted by Gasteiger charge is -2.18. The Morgan fingerprint density at radius 2 is 1.78 bits per heavy atom. The van der Waals surface area contributed by atoms with Crippen LogP contribution in [-0.2, 0) is 13.0 Å². The van der Waals surface area contributed by atoms with Crippen molar-refractivity contribution in [2.24, 2.45) is 0 Å². The van der Waals surface area contributed by atoms with Crippen LogP contribution < -0.4 is 10.5 Å². The van der Waals surface area contributed by atoms with Gasteiger partial charge in [-0.3, -0.25) is 9.59 Å². The fourth-order valence-electron chi connectivity index (χ4n) is 3.73. The van der Waals surface area contributed by atoms with Gasteiger partial charge in [-0.05, 0) is 30.5 Å². The summed E-state index contributed by atoms with van der Waals surface area (Å²) in [4.78, 5) is 27.9. The summed E-state index contributed by atoms with van der Waals surface area (Å²) in [5.74, 6) is -0.139. The van der Waals surface area contributed by atoms with Gasteiger partial charge in [0.05, 0.1) is 5.39 Å². The first-order valence-electron chi connectivity index (χ1n) is 9.60. The monoisotopic (exact) mass is 361 g/mol. The Morgan fingerprint density at radius 1 is 1.04 bits per heavy atom. The molecular formula is C22H23N3O2. The number of unbranched alkanes of at least 4 members (excludes halogenated alkanes) is 2. The van der Waals surface area contributed by atoms with Crippen LogP contribution in [-0.4, -0.2) is 22.2 Å². The third-order valence-electron chi connectivity index (χ3n) is 5.18. The second kappa shape index (κ2) is 7.35. The van der Waals surface area contributed by atoms with Crippen LogP contribution in [0.5, 0.6) is 0 Å². The van der Waals surface area contributed by atoms with E-state index < -0.39 is 0 Å². The maximum Gasteiger partial charge on any atom is 0.279 e. The molecule has 0 saturated heterocycles. The minimum atomic E-state index is -0.139. The zero-order valence-electron chi connectivity index (χ0n) is 15.5. The largest absolute Gasteiger partial charge is 0.306 e. The van der Waals surface area contributed by atoms with Crippen LogP contribution in [0.3, 0.4) is 0 Å². The van der Waals surface area contributed by atoms with Crippen molar-refractivity contribution in [1.82, 2.24) is 9.78 Å². The van der Waals surface area contributed by atoms with Crippen molar-refractivity contribution < 1.29 is 4.79 Å². The van der Waals surface area contributed by atoms with Crippen LogP contribution in [0.2, 0.25) is 0 Å². The van der Waals surface area contributed by atoms with E-state index in [2.05, 4.69) is 18.1 Å². The lowest BCUT2D eigenvalue weighted by Crippen LogP contribution is -2.33. The highest BCUT2D eigenvalue weighted by molar-refractivity contribution is 6.13. The van der Waals surface area contributed by atoms with Gasteiger partial charge in [0, 0.05) is 24.2 Å². The van der Waals surface area contributed by atoms with Crippen molar-refractivity contribution in [3.8, 4) is 0 Å². The number of nitrogens with zero attached hydrogens (tertiary/aromatic N) is 3. The summed E-state index contributed by atoms with van der Waals surface area (Å²) < 4.78 is 1.47. The van der Waals surface area contributed by atoms with Crippen LogP contribution >= 0.6 is 0 Å². The van der Waals surface area contributed by atoms with Crippen LogP contribution in [0, 0.1) is 0 Å². The molecule has 1 aliphatic rings. The van der Waals surface area contributed by atoms with Crippen LogP contribution in [0.25, 0.3) is 10.8 Å². The number of amides is 1. The smallest absolute Gasteiger partial charge is 0.279 e. The molecule has 0 fully saturated rings. The molecule has 0 radical (unpaired) electrons. The van der Waals surface area contributed by atoms with Gasteiger partial charge in [0.15, 0.2) is 5.69 Å². The van der Waals surface area contributed by atoms with Gasteiger partial charge in [-0.1, -0.05) is 56.2 Å². The van der Waals surface area contributed by atoms with E-state index in [0.717, 1.165) is 31.4 Å². The summed E-state index contributed by atoms with van der Waals surface area (Å²) in [7, 11) is 0. The van der Waals surface area contributed by atoms with Crippen molar-refractivity contribution >= 4 is 22.4 Å². The van der Waals surface area contributed by atoms with Gasteiger partial charge < -0.3 is 4.90 Å². The summed E-state index contributed by atoms with van der Waals surface area (Å²) >= 11 is 0. The highest BCUT2D eigenvalue weighted by atomic mass is 16.2. The fraction of sp³-hybridized carbons (Fsp3) is 0.318. The van der Waals surface area contributed by atoms with Gasteiger partial charge in [-0.2, -0.15) is 5.10 Å². The number of carbonyl (C=O) groups is 1. The molecule has 4 rings (SSSR count). The zero-order valence-corrected chi connectivity index (χ0v) is 15.5. The second-order valence-corrected chi connectivity index (χ2v) is 6.97. The highest BCUT2D eigenvalue weighted by Crippen LogP contribution is 2.29. The number of carbonyl (C=O) groups excluding carboxylic acids is 1. The summed E-state index contributed by atoms with van der Waals surface area (Å²) in [6.07, 6.45) is 3.82. The number of benzene rings is 2. The molecule has 2 heterocycles. The number of aryl methyl sites for hydroxylation is 1. The van der Waals surface area contributed by atoms with Crippen LogP contribution in [0.15, 0.2) is 53.3 Å². The van der Waals surface area contributed by atoms with E-state index in [9.17, 15) is 9.59 Å². The molecule has 0 aliphatic carbocycles. The molecule has 0 saturated carbocycles. The highest BCUT2D eigenvalue weighted by Gasteiger charge is 2.28. The summed E-state index contributed by atoms with van der Waals surface area (Å²) in [5, 5.41) is 5.69. The Bertz CT molecular complexity index is 1050. The van der Waals surface area contributed by atoms with Crippen LogP contribution in [0.4, 0.5) is 5.69 Å². The second-order valence-electron chi connectivity index (χ2n) is 6.97. The molecule has 2 aromatic carbocycles. The molecule has 1 aromatic heterocycles. The standard InChI is InChI=1S/C22H23N3O2/c1-2-3-8-14-25-21(26)18-11-6-5-10-17(18)20(23-25)22(27)24-15-13-16-9-4-7-12-19(16)24/h4-7,9-12H,2-3,8,13-15H2,1H3. The van der Waals surface area contributed by atoms with Crippen LogP contribution in [0.1, 0.15) is 42.2 Å². The van der Waals surface area contributed by atoms with Crippen molar-refractivity contribution in [3.63, 3.8) is 0 Å². The quantitative estimate of drug-likeness (QED) is 0.650. The summed E-state index contributed by atoms with van der Waals surface area (Å²) in [5.41, 5.74) is 2.35. The molecule has 0 unspecified atom stereocenters. The summed E-state index contributed by atoms with van der Waals surface area (Å²) in [6, 6.07) is 15.2. The van der Waals surface area contributed by atoms with Crippen molar-refractivity contribution in [2.75, 3.05) is 11.4 Å². The molecule has 1 amide bonds. The van der Waals surface area contributed by atoms with Gasteiger partial charge in [-0.25, -0.2) is 4.68 Å². The van der Waals surface area contributed by atoms with Gasteiger partial charge in [0.2, 0.25) is 0 Å². The molecule has 5 nitrogen and oxygen atoms in total. The number of aromatic nitrogens is 2. The molecule has 138 valence electrons. The number of para-hydroxylation sites is 1. The Kier molecular flexibility index (Phi) is 4.75. The lowest BCUT2D eigenvalue weighted by molar-refractivity contribution is 0.0984. The molecule has 27 heavy (non-hydrogen) atoms. The molecular weight excluding hydrogens is 338 g/mol. The third-order valence-corrected chi connectivity index (χ3v) is 5.18. The van der Waals surface area contributed by atoms with Gasteiger partial charge in [0.25, 0.3) is 11.5 Å². The first-order valence-corrected chi connectivity index (χ1v) is 9.60. The predicted molar refractivity (Wildman–Crippen MR) is 107 cm³/mol. The van der Waals surface area contributed by atoms with Crippen molar-refractivity contribution in [2.45, 2.75) is 39.2 Å². The van der Waals surface area contributed by atoms with E-state index >= 15 is 0 Å². The maximum atomic E-state index is 13.4. The Labute approximate surface area is 158 Å². The molecule has 3 aromatic rings. The fourth-order valence-corrected chi connectivity index (χ4v) is 3.73. The van der Waals surface area contributed by atoms with Gasteiger partial charge in [0.1, 0.15) is 0 Å². The normalized spacial score (nSPS) is 13.1. The number of hydrogen-bond acceptors (Lipinski definition) is 3. The van der Waals surface area contributed by atoms with E-state index in [0.29, 0.717) is 29.6 Å². The first kappa shape index (κ1) is 17.5. The Morgan fingerprint density at radius 3 is 2.59 bits per heavy atom. The van der Waals surface area contributed by atoms with E-state index in [1.807, 2.05) is 36.4 Å². The van der Waals surface area contributed by atoms with E-state index in [1.54, 1.807) is 11.0 Å². The third kappa shape index (κ3) is 3.14. The van der Waals surface area contributed by atoms with Crippen molar-refractivity contribution in [1.29, 1.82) is 0 Å². The predicted octanol–water partition coefficient (Wildman–Crippen LogP) is 3.79. The average Bonchev–Trinajstić information content (AvgIpc) is 3.13. The number of hydrogen-bond donors (Lipinski definition) is 0. The maximum absolute atomic E-state index is 13.4. The van der Waals surface area contributed by atoms with E-state index in [-0.39, 0.29) is 11.5 Å². The first-order chi connectivity index (χ1) is 13.2. The van der Waals surface area contributed by atoms with Crippen molar-refractivity contribution in [3.05, 3.63) is 70.1 Å². The Hall–Kier alpha value is -2.95. The Balaban J connectivity index is 1.80. The molecule has 0 atom stereocenters. The topological polar surface area (TPSA) is 55.2 Å². The SMILES string of the molecule is CCCCCn1nc(C(=O)N2CCc3ccccc32)c2ccccc2c1=O. The molecule has 0 spiro atoms. The minimum Gasteiger partial charge on any atom is -0.306 e. The van der Waals surface area contributed by atoms with Gasteiger partial charge >= 0.3 is 0 Å². The molecule has 5 heteroatoms. The zero-order chi connectivity index (χ0) is 18.8. The number of fused-ring (bicyclic) bond motifs is 2. The van der Waals surface area contributed by atoms with E-state index in [1.165, 1.54) is 10.2 Å². The lowest BCUT2D eigenvalue weighted by atomic mass is 10.1. The minimum absolute atomic E-state index is 0.125. The van der Waals surface area contributed by atoms with Gasteiger partial charge in [-0.15, -0.1) is 0 Å². The summed E-state index contributed by atoms with van der Waals surface area (Å²) in [6.45, 7) is 3.30. The number of rotatable bonds is 5. The van der Waals surface area contributed by atoms with E-state index in [4.69, 9.17) is 0 Å². The molecule has 0 N–H and O–H groups in total. The number of anilines is 1. The molecule has 1 aliphatic heterocycles. The average molecular weight is 361 g/mol. The molecule has 0 bridgehead atoms.